The zero-order valence-electron chi connectivity index (χ0n) is 13.1. The Morgan fingerprint density at radius 3 is 2.57 bits per heavy atom. The first-order chi connectivity index (χ1) is 10.2. The molecular formula is C18H25NO2. The fourth-order valence-electron chi connectivity index (χ4n) is 3.82. The molecule has 4 atom stereocenters. The van der Waals surface area contributed by atoms with Crippen LogP contribution in [0.4, 0.5) is 0 Å². The van der Waals surface area contributed by atoms with E-state index in [4.69, 9.17) is 9.47 Å². The fraction of sp³-hybridized carbons (Fsp3) is 0.556. The maximum atomic E-state index is 5.36. The number of methoxy groups -OCH3 is 2. The van der Waals surface area contributed by atoms with Gasteiger partial charge in [0.25, 0.3) is 0 Å². The molecule has 1 aromatic carbocycles. The number of benzene rings is 1. The Balaban J connectivity index is 1.58. The molecule has 1 aromatic rings. The molecule has 0 saturated heterocycles. The van der Waals surface area contributed by atoms with Gasteiger partial charge >= 0.3 is 0 Å². The van der Waals surface area contributed by atoms with E-state index < -0.39 is 0 Å². The Labute approximate surface area is 127 Å². The number of nitrogens with one attached hydrogen (secondary N) is 1. The van der Waals surface area contributed by atoms with Crippen LogP contribution in [-0.2, 0) is 6.54 Å². The van der Waals surface area contributed by atoms with Gasteiger partial charge in [0.15, 0.2) is 11.5 Å². The lowest BCUT2D eigenvalue weighted by Gasteiger charge is -2.26. The lowest BCUT2D eigenvalue weighted by molar-refractivity contribution is 0.325. The number of ether oxygens (including phenoxy) is 2. The molecule has 0 amide bonds. The first kappa shape index (κ1) is 14.5. The van der Waals surface area contributed by atoms with Gasteiger partial charge < -0.3 is 14.8 Å². The summed E-state index contributed by atoms with van der Waals surface area (Å²) in [5.41, 5.74) is 1.23. The summed E-state index contributed by atoms with van der Waals surface area (Å²) in [5.74, 6) is 4.01. The predicted molar refractivity (Wildman–Crippen MR) is 84.7 cm³/mol. The van der Waals surface area contributed by atoms with E-state index in [0.29, 0.717) is 6.04 Å². The third-order valence-corrected chi connectivity index (χ3v) is 5.05. The molecule has 0 heterocycles. The van der Waals surface area contributed by atoms with Gasteiger partial charge in [0.05, 0.1) is 14.2 Å². The minimum absolute atomic E-state index is 0.554. The van der Waals surface area contributed by atoms with Crippen molar-refractivity contribution in [2.45, 2.75) is 32.4 Å². The van der Waals surface area contributed by atoms with E-state index in [-0.39, 0.29) is 0 Å². The summed E-state index contributed by atoms with van der Waals surface area (Å²) in [6.07, 6.45) is 7.55. The summed E-state index contributed by atoms with van der Waals surface area (Å²) in [6.45, 7) is 3.19. The summed E-state index contributed by atoms with van der Waals surface area (Å²) in [5, 5.41) is 3.68. The van der Waals surface area contributed by atoms with Crippen LogP contribution >= 0.6 is 0 Å². The SMILES string of the molecule is COc1ccc(CNC(C)C2CC3C=CC2C3)cc1OC. The third kappa shape index (κ3) is 2.93. The van der Waals surface area contributed by atoms with Crippen molar-refractivity contribution in [3.63, 3.8) is 0 Å². The van der Waals surface area contributed by atoms with Crippen LogP contribution in [0, 0.1) is 17.8 Å². The monoisotopic (exact) mass is 287 g/mol. The normalized spacial score (nSPS) is 27.9. The first-order valence-electron chi connectivity index (χ1n) is 7.84. The van der Waals surface area contributed by atoms with Gasteiger partial charge in [-0.25, -0.2) is 0 Å². The zero-order valence-corrected chi connectivity index (χ0v) is 13.1. The summed E-state index contributed by atoms with van der Waals surface area (Å²) in [6, 6.07) is 6.68. The van der Waals surface area contributed by atoms with Gasteiger partial charge in [0, 0.05) is 12.6 Å². The molecule has 21 heavy (non-hydrogen) atoms. The van der Waals surface area contributed by atoms with Crippen LogP contribution in [0.15, 0.2) is 30.4 Å². The number of allylic oxidation sites excluding steroid dienone is 2. The first-order valence-corrected chi connectivity index (χ1v) is 7.84. The molecule has 3 heteroatoms. The van der Waals surface area contributed by atoms with E-state index in [2.05, 4.69) is 36.5 Å². The van der Waals surface area contributed by atoms with Crippen LogP contribution in [0.25, 0.3) is 0 Å². The van der Waals surface area contributed by atoms with E-state index in [1.54, 1.807) is 14.2 Å². The summed E-state index contributed by atoms with van der Waals surface area (Å²) < 4.78 is 10.6. The van der Waals surface area contributed by atoms with Crippen LogP contribution in [0.3, 0.4) is 0 Å². The second-order valence-electron chi connectivity index (χ2n) is 6.30. The Kier molecular flexibility index (Phi) is 4.20. The Bertz CT molecular complexity index is 526. The highest BCUT2D eigenvalue weighted by molar-refractivity contribution is 5.42. The molecule has 114 valence electrons. The van der Waals surface area contributed by atoms with Gasteiger partial charge in [-0.3, -0.25) is 0 Å². The van der Waals surface area contributed by atoms with Crippen molar-refractivity contribution in [2.24, 2.45) is 17.8 Å². The minimum Gasteiger partial charge on any atom is -0.493 e. The summed E-state index contributed by atoms with van der Waals surface area (Å²) >= 11 is 0. The Morgan fingerprint density at radius 2 is 1.95 bits per heavy atom. The van der Waals surface area contributed by atoms with Crippen LogP contribution in [-0.4, -0.2) is 20.3 Å². The standard InChI is InChI=1S/C18H25NO2/c1-12(16-9-13-4-6-15(16)8-13)19-11-14-5-7-17(20-2)18(10-14)21-3/h4-7,10,12-13,15-16,19H,8-9,11H2,1-3H3. The molecule has 2 bridgehead atoms. The van der Waals surface area contributed by atoms with Gasteiger partial charge in [-0.05, 0) is 55.2 Å². The van der Waals surface area contributed by atoms with Crippen LogP contribution < -0.4 is 14.8 Å². The van der Waals surface area contributed by atoms with Crippen LogP contribution in [0.1, 0.15) is 25.3 Å². The minimum atomic E-state index is 0.554. The fourth-order valence-corrected chi connectivity index (χ4v) is 3.82. The maximum Gasteiger partial charge on any atom is 0.161 e. The molecule has 0 radical (unpaired) electrons. The molecule has 1 N–H and O–H groups in total. The highest BCUT2D eigenvalue weighted by Crippen LogP contribution is 2.44. The molecule has 2 aliphatic rings. The number of hydrogen-bond donors (Lipinski definition) is 1. The largest absolute Gasteiger partial charge is 0.493 e. The van der Waals surface area contributed by atoms with Crippen molar-refractivity contribution in [3.05, 3.63) is 35.9 Å². The number of rotatable bonds is 6. The quantitative estimate of drug-likeness (QED) is 0.814. The summed E-state index contributed by atoms with van der Waals surface area (Å²) in [4.78, 5) is 0. The van der Waals surface area contributed by atoms with E-state index in [1.165, 1.54) is 18.4 Å². The Morgan fingerprint density at radius 1 is 1.14 bits per heavy atom. The van der Waals surface area contributed by atoms with Crippen LogP contribution in [0.5, 0.6) is 11.5 Å². The number of hydrogen-bond acceptors (Lipinski definition) is 3. The predicted octanol–water partition coefficient (Wildman–Crippen LogP) is 3.39. The Hall–Kier alpha value is -1.48. The van der Waals surface area contributed by atoms with Gasteiger partial charge in [0.1, 0.15) is 0 Å². The van der Waals surface area contributed by atoms with Crippen molar-refractivity contribution in [3.8, 4) is 11.5 Å². The molecule has 2 aliphatic carbocycles. The van der Waals surface area contributed by atoms with Gasteiger partial charge in [-0.1, -0.05) is 18.2 Å². The average Bonchev–Trinajstić information content (AvgIpc) is 3.15. The molecule has 3 nitrogen and oxygen atoms in total. The molecule has 0 aliphatic heterocycles. The third-order valence-electron chi connectivity index (χ3n) is 5.05. The van der Waals surface area contributed by atoms with Crippen molar-refractivity contribution >= 4 is 0 Å². The molecule has 1 saturated carbocycles. The average molecular weight is 287 g/mol. The maximum absolute atomic E-state index is 5.36. The van der Waals surface area contributed by atoms with Gasteiger partial charge in [-0.2, -0.15) is 0 Å². The molecular weight excluding hydrogens is 262 g/mol. The molecule has 3 rings (SSSR count). The smallest absolute Gasteiger partial charge is 0.161 e. The molecule has 0 aromatic heterocycles. The van der Waals surface area contributed by atoms with Gasteiger partial charge in [0.2, 0.25) is 0 Å². The van der Waals surface area contributed by atoms with E-state index in [1.807, 2.05) is 6.07 Å². The van der Waals surface area contributed by atoms with Crippen molar-refractivity contribution in [1.29, 1.82) is 0 Å². The zero-order chi connectivity index (χ0) is 14.8. The highest BCUT2D eigenvalue weighted by atomic mass is 16.5. The number of fused-ring (bicyclic) bond motifs is 2. The van der Waals surface area contributed by atoms with Crippen LogP contribution in [0.2, 0.25) is 0 Å². The lowest BCUT2D eigenvalue weighted by atomic mass is 9.87. The highest BCUT2D eigenvalue weighted by Gasteiger charge is 2.38. The molecule has 0 spiro atoms. The summed E-state index contributed by atoms with van der Waals surface area (Å²) in [7, 11) is 3.35. The van der Waals surface area contributed by atoms with Crippen molar-refractivity contribution < 1.29 is 9.47 Å². The topological polar surface area (TPSA) is 30.5 Å². The lowest BCUT2D eigenvalue weighted by Crippen LogP contribution is -2.35. The van der Waals surface area contributed by atoms with E-state index >= 15 is 0 Å². The van der Waals surface area contributed by atoms with E-state index in [9.17, 15) is 0 Å². The second kappa shape index (κ2) is 6.10. The van der Waals surface area contributed by atoms with Crippen molar-refractivity contribution in [2.75, 3.05) is 14.2 Å². The molecule has 1 fully saturated rings. The van der Waals surface area contributed by atoms with Gasteiger partial charge in [-0.15, -0.1) is 0 Å². The second-order valence-corrected chi connectivity index (χ2v) is 6.30. The molecule has 4 unspecified atom stereocenters. The van der Waals surface area contributed by atoms with Crippen molar-refractivity contribution in [1.82, 2.24) is 5.32 Å². The van der Waals surface area contributed by atoms with E-state index in [0.717, 1.165) is 35.8 Å².